The molecule has 4 aromatic rings. The van der Waals surface area contributed by atoms with Gasteiger partial charge in [-0.05, 0) is 71.0 Å². The van der Waals surface area contributed by atoms with Gasteiger partial charge in [0, 0.05) is 37.3 Å². The molecule has 8 nitrogen and oxygen atoms in total. The molecular formula is C29H34FN7O. The molecule has 2 aliphatic rings. The maximum Gasteiger partial charge on any atom is 0.253 e. The van der Waals surface area contributed by atoms with Crippen molar-refractivity contribution in [3.05, 3.63) is 81.7 Å². The molecule has 38 heavy (non-hydrogen) atoms. The third-order valence-electron chi connectivity index (χ3n) is 8.20. The van der Waals surface area contributed by atoms with Crippen LogP contribution in [0.15, 0.2) is 53.3 Å². The number of anilines is 1. The Morgan fingerprint density at radius 3 is 2.58 bits per heavy atom. The Morgan fingerprint density at radius 2 is 1.82 bits per heavy atom. The lowest BCUT2D eigenvalue weighted by Crippen LogP contribution is -2.49. The predicted octanol–water partition coefficient (Wildman–Crippen LogP) is 4.63. The molecule has 6 rings (SSSR count). The van der Waals surface area contributed by atoms with Crippen LogP contribution in [0, 0.1) is 5.82 Å². The highest BCUT2D eigenvalue weighted by atomic mass is 19.1. The summed E-state index contributed by atoms with van der Waals surface area (Å²) in [5.41, 5.74) is 3.19. The zero-order valence-electron chi connectivity index (χ0n) is 21.8. The highest BCUT2D eigenvalue weighted by molar-refractivity contribution is 5.80. The molecule has 1 aliphatic carbocycles. The number of tetrazole rings is 1. The van der Waals surface area contributed by atoms with E-state index in [1.54, 1.807) is 6.07 Å². The maximum atomic E-state index is 14.5. The van der Waals surface area contributed by atoms with Crippen molar-refractivity contribution in [2.24, 2.45) is 0 Å². The number of pyridine rings is 1. The Morgan fingerprint density at radius 1 is 1.03 bits per heavy atom. The first kappa shape index (κ1) is 24.7. The fraction of sp³-hybridized carbons (Fsp3) is 0.448. The number of hydrogen-bond donors (Lipinski definition) is 1. The van der Waals surface area contributed by atoms with Crippen molar-refractivity contribution in [2.45, 2.75) is 57.5 Å². The molecule has 1 atom stereocenters. The quantitative estimate of drug-likeness (QED) is 0.403. The minimum atomic E-state index is -0.395. The lowest BCUT2D eigenvalue weighted by Gasteiger charge is -2.40. The second kappa shape index (κ2) is 10.6. The van der Waals surface area contributed by atoms with Crippen molar-refractivity contribution < 1.29 is 4.39 Å². The fourth-order valence-electron chi connectivity index (χ4n) is 6.09. The van der Waals surface area contributed by atoms with Gasteiger partial charge in [-0.3, -0.25) is 9.69 Å². The highest BCUT2D eigenvalue weighted by Crippen LogP contribution is 2.34. The number of aromatic amines is 1. The van der Waals surface area contributed by atoms with Gasteiger partial charge in [-0.2, -0.15) is 0 Å². The minimum Gasteiger partial charge on any atom is -0.367 e. The lowest BCUT2D eigenvalue weighted by atomic mass is 9.95. The molecule has 0 spiro atoms. The van der Waals surface area contributed by atoms with Gasteiger partial charge >= 0.3 is 0 Å². The van der Waals surface area contributed by atoms with Crippen LogP contribution in [0.2, 0.25) is 0 Å². The number of rotatable bonds is 6. The Kier molecular flexibility index (Phi) is 6.93. The van der Waals surface area contributed by atoms with Crippen molar-refractivity contribution in [1.82, 2.24) is 30.1 Å². The Hall–Kier alpha value is -3.59. The van der Waals surface area contributed by atoms with Crippen LogP contribution >= 0.6 is 0 Å². The summed E-state index contributed by atoms with van der Waals surface area (Å²) < 4.78 is 16.5. The van der Waals surface area contributed by atoms with Crippen LogP contribution in [0.5, 0.6) is 0 Å². The van der Waals surface area contributed by atoms with E-state index in [2.05, 4.69) is 49.4 Å². The minimum absolute atomic E-state index is 0.124. The summed E-state index contributed by atoms with van der Waals surface area (Å²) in [7, 11) is 0. The van der Waals surface area contributed by atoms with Crippen LogP contribution in [0.3, 0.4) is 0 Å². The predicted molar refractivity (Wildman–Crippen MR) is 146 cm³/mol. The number of nitrogens with zero attached hydrogens (tertiary/aromatic N) is 6. The Labute approximate surface area is 221 Å². The number of fused-ring (bicyclic) bond motifs is 1. The van der Waals surface area contributed by atoms with Gasteiger partial charge in [0.2, 0.25) is 0 Å². The standard InChI is InChI=1S/C29H34FN7O/c1-2-20-12-13-25-21(18-20)19-23(29(38)31-25)27(28-32-33-34-37(28)22-8-4-3-5-9-22)36-16-14-35(15-17-36)26-11-7-6-10-24(26)30/h6-7,10-13,18-19,22,27H,2-5,8-9,14-17H2,1H3,(H,31,38). The summed E-state index contributed by atoms with van der Waals surface area (Å²) in [6.07, 6.45) is 6.56. The van der Waals surface area contributed by atoms with E-state index in [-0.39, 0.29) is 17.4 Å². The van der Waals surface area contributed by atoms with Crippen molar-refractivity contribution in [3.63, 3.8) is 0 Å². The van der Waals surface area contributed by atoms with Gasteiger partial charge in [0.25, 0.3) is 5.56 Å². The van der Waals surface area contributed by atoms with E-state index in [1.807, 2.05) is 28.9 Å². The summed E-state index contributed by atoms with van der Waals surface area (Å²) in [5, 5.41) is 14.1. The molecule has 1 saturated carbocycles. The molecule has 1 saturated heterocycles. The topological polar surface area (TPSA) is 82.9 Å². The van der Waals surface area contributed by atoms with Crippen molar-refractivity contribution in [2.75, 3.05) is 31.1 Å². The SMILES string of the molecule is CCc1ccc2[nH]c(=O)c(C(c3nnnn3C3CCCCC3)N3CCN(c4ccccc4F)CC3)cc2c1. The zero-order valence-corrected chi connectivity index (χ0v) is 21.8. The smallest absolute Gasteiger partial charge is 0.253 e. The van der Waals surface area contributed by atoms with Gasteiger partial charge in [-0.1, -0.05) is 44.4 Å². The second-order valence-electron chi connectivity index (χ2n) is 10.5. The monoisotopic (exact) mass is 515 g/mol. The first-order valence-electron chi connectivity index (χ1n) is 13.8. The molecule has 9 heteroatoms. The van der Waals surface area contributed by atoms with Crippen LogP contribution in [0.1, 0.15) is 68.1 Å². The molecule has 1 N–H and O–H groups in total. The van der Waals surface area contributed by atoms with E-state index in [1.165, 1.54) is 18.1 Å². The van der Waals surface area contributed by atoms with E-state index in [0.29, 0.717) is 43.3 Å². The Bertz CT molecular complexity index is 1470. The average Bonchev–Trinajstić information content (AvgIpc) is 3.44. The van der Waals surface area contributed by atoms with Crippen molar-refractivity contribution in [3.8, 4) is 0 Å². The van der Waals surface area contributed by atoms with Crippen LogP contribution in [-0.2, 0) is 6.42 Å². The number of piperazine rings is 1. The summed E-state index contributed by atoms with van der Waals surface area (Å²) in [4.78, 5) is 21.0. The molecular weight excluding hydrogens is 481 g/mol. The van der Waals surface area contributed by atoms with Gasteiger partial charge in [0.1, 0.15) is 11.9 Å². The van der Waals surface area contributed by atoms with Gasteiger partial charge in [0.05, 0.1) is 11.7 Å². The van der Waals surface area contributed by atoms with Crippen LogP contribution in [0.25, 0.3) is 10.9 Å². The number of halogens is 1. The number of benzene rings is 2. The summed E-state index contributed by atoms with van der Waals surface area (Å²) in [5.74, 6) is 0.504. The van der Waals surface area contributed by atoms with E-state index >= 15 is 0 Å². The van der Waals surface area contributed by atoms with Gasteiger partial charge in [0.15, 0.2) is 5.82 Å². The number of aryl methyl sites for hydroxylation is 1. The van der Waals surface area contributed by atoms with Crippen LogP contribution in [0.4, 0.5) is 10.1 Å². The molecule has 2 aromatic carbocycles. The summed E-state index contributed by atoms with van der Waals surface area (Å²) in [6.45, 7) is 4.73. The molecule has 0 radical (unpaired) electrons. The molecule has 1 unspecified atom stereocenters. The van der Waals surface area contributed by atoms with Gasteiger partial charge in [-0.15, -0.1) is 5.10 Å². The molecule has 3 heterocycles. The first-order valence-corrected chi connectivity index (χ1v) is 13.8. The molecule has 0 bridgehead atoms. The van der Waals surface area contributed by atoms with E-state index < -0.39 is 6.04 Å². The largest absolute Gasteiger partial charge is 0.367 e. The van der Waals surface area contributed by atoms with Crippen molar-refractivity contribution in [1.29, 1.82) is 0 Å². The number of hydrogen-bond acceptors (Lipinski definition) is 6. The molecule has 1 aliphatic heterocycles. The van der Waals surface area contributed by atoms with Gasteiger partial charge in [-0.25, -0.2) is 9.07 Å². The van der Waals surface area contributed by atoms with E-state index in [9.17, 15) is 9.18 Å². The fourth-order valence-corrected chi connectivity index (χ4v) is 6.09. The average molecular weight is 516 g/mol. The van der Waals surface area contributed by atoms with Crippen LogP contribution < -0.4 is 10.5 Å². The highest BCUT2D eigenvalue weighted by Gasteiger charge is 2.34. The maximum absolute atomic E-state index is 14.5. The van der Waals surface area contributed by atoms with Crippen LogP contribution in [-0.4, -0.2) is 56.3 Å². The molecule has 198 valence electrons. The molecule has 2 aromatic heterocycles. The van der Waals surface area contributed by atoms with E-state index in [4.69, 9.17) is 0 Å². The zero-order chi connectivity index (χ0) is 26.1. The lowest BCUT2D eigenvalue weighted by molar-refractivity contribution is 0.192. The van der Waals surface area contributed by atoms with E-state index in [0.717, 1.165) is 43.0 Å². The third-order valence-corrected chi connectivity index (χ3v) is 8.20. The van der Waals surface area contributed by atoms with Gasteiger partial charge < -0.3 is 9.88 Å². The number of para-hydroxylation sites is 1. The third kappa shape index (κ3) is 4.71. The normalized spacial score (nSPS) is 18.2. The molecule has 0 amide bonds. The van der Waals surface area contributed by atoms with Crippen molar-refractivity contribution >= 4 is 16.6 Å². The Balaban J connectivity index is 1.40. The number of H-pyrrole nitrogens is 1. The summed E-state index contributed by atoms with van der Waals surface area (Å²) in [6, 6.07) is 14.9. The number of aromatic nitrogens is 5. The summed E-state index contributed by atoms with van der Waals surface area (Å²) >= 11 is 0. The second-order valence-corrected chi connectivity index (χ2v) is 10.5. The number of nitrogens with one attached hydrogen (secondary N) is 1. The molecule has 2 fully saturated rings. The first-order chi connectivity index (χ1) is 18.6.